The molecule has 0 atom stereocenters. The molecule has 1 saturated heterocycles. The lowest BCUT2D eigenvalue weighted by Crippen LogP contribution is -2.38. The van der Waals surface area contributed by atoms with Crippen molar-refractivity contribution >= 4 is 11.8 Å². The Labute approximate surface area is 120 Å². The Hall–Kier alpha value is -1.10. The summed E-state index contributed by atoms with van der Waals surface area (Å²) in [5, 5.41) is 12.4. The van der Waals surface area contributed by atoms with E-state index in [1.807, 2.05) is 4.90 Å². The summed E-state index contributed by atoms with van der Waals surface area (Å²) in [4.78, 5) is 25.1. The highest BCUT2D eigenvalue weighted by Crippen LogP contribution is 2.36. The van der Waals surface area contributed by atoms with E-state index in [9.17, 15) is 14.7 Å². The van der Waals surface area contributed by atoms with Gasteiger partial charge in [-0.3, -0.25) is 9.59 Å². The molecule has 1 saturated carbocycles. The highest BCUT2D eigenvalue weighted by molar-refractivity contribution is 5.78. The lowest BCUT2D eigenvalue weighted by atomic mass is 9.87. The van der Waals surface area contributed by atoms with Crippen molar-refractivity contribution in [3.05, 3.63) is 0 Å². The zero-order valence-electron chi connectivity index (χ0n) is 12.2. The van der Waals surface area contributed by atoms with Gasteiger partial charge < -0.3 is 15.3 Å². The largest absolute Gasteiger partial charge is 0.396 e. The van der Waals surface area contributed by atoms with Gasteiger partial charge in [0.25, 0.3) is 0 Å². The second-order valence-electron chi connectivity index (χ2n) is 6.23. The minimum atomic E-state index is -0.0828. The van der Waals surface area contributed by atoms with Gasteiger partial charge in [0.2, 0.25) is 11.8 Å². The molecule has 0 aromatic rings. The number of likely N-dealkylation sites (tertiary alicyclic amines) is 1. The molecule has 1 aliphatic heterocycles. The maximum atomic E-state index is 11.8. The predicted octanol–water partition coefficient (Wildman–Crippen LogP) is 1.06. The van der Waals surface area contributed by atoms with Crippen LogP contribution in [0.3, 0.4) is 0 Å². The molecule has 2 rings (SSSR count). The quantitative estimate of drug-likeness (QED) is 0.733. The Morgan fingerprint density at radius 2 is 2.05 bits per heavy atom. The Morgan fingerprint density at radius 3 is 2.65 bits per heavy atom. The van der Waals surface area contributed by atoms with E-state index in [2.05, 4.69) is 5.32 Å². The third-order valence-electron chi connectivity index (χ3n) is 4.66. The van der Waals surface area contributed by atoms with E-state index in [4.69, 9.17) is 0 Å². The van der Waals surface area contributed by atoms with Gasteiger partial charge in [-0.15, -0.1) is 0 Å². The molecule has 0 aromatic carbocycles. The second kappa shape index (κ2) is 7.07. The summed E-state index contributed by atoms with van der Waals surface area (Å²) in [5.41, 5.74) is -0.0828. The van der Waals surface area contributed by atoms with Crippen LogP contribution in [-0.2, 0) is 9.59 Å². The van der Waals surface area contributed by atoms with Crippen molar-refractivity contribution < 1.29 is 14.7 Å². The minimum Gasteiger partial charge on any atom is -0.396 e. The molecule has 2 fully saturated rings. The molecule has 0 aromatic heterocycles. The first kappa shape index (κ1) is 15.3. The number of aliphatic hydroxyl groups is 1. The summed E-state index contributed by atoms with van der Waals surface area (Å²) in [6.07, 6.45) is 7.10. The maximum absolute atomic E-state index is 11.8. The van der Waals surface area contributed by atoms with Crippen molar-refractivity contribution in [1.82, 2.24) is 10.2 Å². The van der Waals surface area contributed by atoms with Crippen molar-refractivity contribution in [2.45, 2.75) is 51.4 Å². The summed E-state index contributed by atoms with van der Waals surface area (Å²) >= 11 is 0. The van der Waals surface area contributed by atoms with Crippen LogP contribution in [0.15, 0.2) is 0 Å². The zero-order valence-corrected chi connectivity index (χ0v) is 12.2. The first-order chi connectivity index (χ1) is 9.65. The highest BCUT2D eigenvalue weighted by Gasteiger charge is 2.33. The average molecular weight is 282 g/mol. The van der Waals surface area contributed by atoms with Gasteiger partial charge in [-0.25, -0.2) is 0 Å². The first-order valence-corrected chi connectivity index (χ1v) is 7.81. The molecule has 2 amide bonds. The molecule has 5 heteroatoms. The molecule has 2 aliphatic rings. The van der Waals surface area contributed by atoms with Crippen LogP contribution >= 0.6 is 0 Å². The standard InChI is InChI=1S/C15H26N2O3/c18-12-15(7-1-2-8-15)11-16-13(19)5-3-9-17-10-4-6-14(17)20/h18H,1-12H2,(H,16,19). The smallest absolute Gasteiger partial charge is 0.222 e. The summed E-state index contributed by atoms with van der Waals surface area (Å²) in [6.45, 7) is 2.28. The van der Waals surface area contributed by atoms with Gasteiger partial charge in [0, 0.05) is 37.9 Å². The van der Waals surface area contributed by atoms with Gasteiger partial charge in [-0.2, -0.15) is 0 Å². The van der Waals surface area contributed by atoms with Crippen LogP contribution in [0.25, 0.3) is 0 Å². The van der Waals surface area contributed by atoms with E-state index in [1.54, 1.807) is 0 Å². The van der Waals surface area contributed by atoms with Gasteiger partial charge >= 0.3 is 0 Å². The van der Waals surface area contributed by atoms with Gasteiger partial charge in [0.05, 0.1) is 6.61 Å². The van der Waals surface area contributed by atoms with Gasteiger partial charge in [0.15, 0.2) is 0 Å². The molecule has 114 valence electrons. The SMILES string of the molecule is O=C(CCCN1CCCC1=O)NCC1(CO)CCCC1. The van der Waals surface area contributed by atoms with Crippen molar-refractivity contribution in [2.75, 3.05) is 26.2 Å². The summed E-state index contributed by atoms with van der Waals surface area (Å²) < 4.78 is 0. The van der Waals surface area contributed by atoms with Crippen LogP contribution in [-0.4, -0.2) is 48.1 Å². The normalized spacial score (nSPS) is 21.4. The lowest BCUT2D eigenvalue weighted by Gasteiger charge is -2.26. The van der Waals surface area contributed by atoms with E-state index in [1.165, 1.54) is 0 Å². The number of nitrogens with zero attached hydrogens (tertiary/aromatic N) is 1. The van der Waals surface area contributed by atoms with Crippen LogP contribution in [0.1, 0.15) is 51.4 Å². The van der Waals surface area contributed by atoms with Crippen LogP contribution < -0.4 is 5.32 Å². The number of rotatable bonds is 7. The molecule has 1 heterocycles. The van der Waals surface area contributed by atoms with Crippen LogP contribution in [0.2, 0.25) is 0 Å². The molecular weight excluding hydrogens is 256 g/mol. The number of carbonyl (C=O) groups excluding carboxylic acids is 2. The van der Waals surface area contributed by atoms with Crippen LogP contribution in [0.5, 0.6) is 0 Å². The molecular formula is C15H26N2O3. The first-order valence-electron chi connectivity index (χ1n) is 7.81. The van der Waals surface area contributed by atoms with Crippen molar-refractivity contribution in [2.24, 2.45) is 5.41 Å². The fourth-order valence-corrected chi connectivity index (χ4v) is 3.26. The molecule has 20 heavy (non-hydrogen) atoms. The number of amides is 2. The molecule has 0 radical (unpaired) electrons. The maximum Gasteiger partial charge on any atom is 0.222 e. The molecule has 0 unspecified atom stereocenters. The van der Waals surface area contributed by atoms with Gasteiger partial charge in [-0.05, 0) is 25.7 Å². The molecule has 0 bridgehead atoms. The third-order valence-corrected chi connectivity index (χ3v) is 4.66. The fourth-order valence-electron chi connectivity index (χ4n) is 3.26. The number of hydrogen-bond donors (Lipinski definition) is 2. The Kier molecular flexibility index (Phi) is 5.40. The molecule has 2 N–H and O–H groups in total. The van der Waals surface area contributed by atoms with Gasteiger partial charge in [0.1, 0.15) is 0 Å². The Bertz CT molecular complexity index is 351. The lowest BCUT2D eigenvalue weighted by molar-refractivity contribution is -0.128. The molecule has 1 aliphatic carbocycles. The topological polar surface area (TPSA) is 69.6 Å². The number of nitrogens with one attached hydrogen (secondary N) is 1. The fraction of sp³-hybridized carbons (Fsp3) is 0.867. The molecule has 5 nitrogen and oxygen atoms in total. The van der Waals surface area contributed by atoms with Crippen molar-refractivity contribution in [3.8, 4) is 0 Å². The summed E-state index contributed by atoms with van der Waals surface area (Å²) in [7, 11) is 0. The van der Waals surface area contributed by atoms with E-state index < -0.39 is 0 Å². The summed E-state index contributed by atoms with van der Waals surface area (Å²) in [5.74, 6) is 0.256. The molecule has 0 spiro atoms. The monoisotopic (exact) mass is 282 g/mol. The number of hydrogen-bond acceptors (Lipinski definition) is 3. The Morgan fingerprint density at radius 1 is 1.30 bits per heavy atom. The number of carbonyl (C=O) groups is 2. The highest BCUT2D eigenvalue weighted by atomic mass is 16.3. The van der Waals surface area contributed by atoms with E-state index in [0.717, 1.165) is 45.1 Å². The predicted molar refractivity (Wildman–Crippen MR) is 76.0 cm³/mol. The minimum absolute atomic E-state index is 0.0383. The van der Waals surface area contributed by atoms with Crippen molar-refractivity contribution in [1.29, 1.82) is 0 Å². The second-order valence-corrected chi connectivity index (χ2v) is 6.23. The van der Waals surface area contributed by atoms with E-state index in [-0.39, 0.29) is 23.8 Å². The third kappa shape index (κ3) is 3.95. The number of aliphatic hydroxyl groups excluding tert-OH is 1. The zero-order chi connectivity index (χ0) is 14.4. The van der Waals surface area contributed by atoms with Gasteiger partial charge in [-0.1, -0.05) is 12.8 Å². The van der Waals surface area contributed by atoms with Crippen LogP contribution in [0.4, 0.5) is 0 Å². The van der Waals surface area contributed by atoms with Crippen LogP contribution in [0, 0.1) is 5.41 Å². The Balaban J connectivity index is 1.61. The van der Waals surface area contributed by atoms with E-state index in [0.29, 0.717) is 25.9 Å². The summed E-state index contributed by atoms with van der Waals surface area (Å²) in [6, 6.07) is 0. The van der Waals surface area contributed by atoms with E-state index >= 15 is 0 Å². The van der Waals surface area contributed by atoms with Crippen molar-refractivity contribution in [3.63, 3.8) is 0 Å². The average Bonchev–Trinajstić information content (AvgIpc) is 3.07.